The number of carbonyl (C=O) groups is 1. The number of methoxy groups -OCH3 is 1. The molecule has 0 spiro atoms. The van der Waals surface area contributed by atoms with E-state index >= 15 is 0 Å². The summed E-state index contributed by atoms with van der Waals surface area (Å²) < 4.78 is 17.2. The van der Waals surface area contributed by atoms with Crippen LogP contribution in [0.1, 0.15) is 43.6 Å². The fraction of sp³-hybridized carbons (Fsp3) is 0.471. The van der Waals surface area contributed by atoms with Gasteiger partial charge in [0.2, 0.25) is 0 Å². The molecular weight excluding hydrogens is 293 g/mol. The highest BCUT2D eigenvalue weighted by Gasteiger charge is 2.52. The third-order valence-corrected chi connectivity index (χ3v) is 4.52. The van der Waals surface area contributed by atoms with Crippen molar-refractivity contribution < 1.29 is 18.8 Å². The Morgan fingerprint density at radius 1 is 1.26 bits per heavy atom. The van der Waals surface area contributed by atoms with E-state index in [4.69, 9.17) is 19.8 Å². The minimum absolute atomic E-state index is 0.305. The summed E-state index contributed by atoms with van der Waals surface area (Å²) in [4.78, 5) is 11.1. The first-order chi connectivity index (χ1) is 10.7. The zero-order chi connectivity index (χ0) is 17.3. The highest BCUT2D eigenvalue weighted by atomic mass is 16.7. The highest BCUT2D eigenvalue weighted by Crippen LogP contribution is 2.38. The van der Waals surface area contributed by atoms with Crippen molar-refractivity contribution in [2.45, 2.75) is 38.9 Å². The Labute approximate surface area is 137 Å². The molecule has 1 heterocycles. The number of hydrogen-bond acceptors (Lipinski definition) is 5. The van der Waals surface area contributed by atoms with E-state index in [9.17, 15) is 4.79 Å². The van der Waals surface area contributed by atoms with Gasteiger partial charge in [0.25, 0.3) is 0 Å². The molecular formula is C17H24BNO4. The first-order valence-corrected chi connectivity index (χ1v) is 7.63. The van der Waals surface area contributed by atoms with Crippen LogP contribution < -0.4 is 10.5 Å². The second kappa shape index (κ2) is 6.47. The molecule has 0 atom stereocenters. The second-order valence-corrected chi connectivity index (χ2v) is 6.63. The van der Waals surface area contributed by atoms with Gasteiger partial charge in [-0.15, -0.1) is 0 Å². The Morgan fingerprint density at radius 2 is 1.87 bits per heavy atom. The molecule has 0 aliphatic carbocycles. The van der Waals surface area contributed by atoms with Gasteiger partial charge >= 0.3 is 7.12 Å². The first-order valence-electron chi connectivity index (χ1n) is 7.63. The van der Waals surface area contributed by atoms with E-state index in [0.717, 1.165) is 17.3 Å². The summed E-state index contributed by atoms with van der Waals surface area (Å²) in [6.45, 7) is 8.30. The molecule has 0 radical (unpaired) electrons. The normalized spacial score (nSPS) is 19.7. The summed E-state index contributed by atoms with van der Waals surface area (Å²) in [7, 11) is 1.04. The maximum absolute atomic E-state index is 11.1. The Morgan fingerprint density at radius 3 is 2.35 bits per heavy atom. The Hall–Kier alpha value is -1.63. The molecule has 5 nitrogen and oxygen atoms in total. The Bertz CT molecular complexity index is 609. The van der Waals surface area contributed by atoms with Crippen LogP contribution in [0.2, 0.25) is 0 Å². The lowest BCUT2D eigenvalue weighted by molar-refractivity contribution is 0.00578. The standard InChI is InChI=1S/C17H24BNO4/c1-16(2)17(3,4)23-18(22-16)14(10-19)9-12-6-7-15(21-5)13(8-12)11-20/h6-9,11H,10,19H2,1-5H3. The Balaban J connectivity index is 2.32. The van der Waals surface area contributed by atoms with E-state index in [1.54, 1.807) is 12.1 Å². The third-order valence-electron chi connectivity index (χ3n) is 4.52. The fourth-order valence-electron chi connectivity index (χ4n) is 2.37. The zero-order valence-electron chi connectivity index (χ0n) is 14.4. The van der Waals surface area contributed by atoms with Crippen LogP contribution in [0.5, 0.6) is 5.75 Å². The predicted molar refractivity (Wildman–Crippen MR) is 91.5 cm³/mol. The van der Waals surface area contributed by atoms with Crippen LogP contribution >= 0.6 is 0 Å². The molecule has 2 N–H and O–H groups in total. The van der Waals surface area contributed by atoms with Gasteiger partial charge in [-0.05, 0) is 50.9 Å². The lowest BCUT2D eigenvalue weighted by Crippen LogP contribution is -2.41. The van der Waals surface area contributed by atoms with E-state index in [1.807, 2.05) is 39.8 Å². The predicted octanol–water partition coefficient (Wildman–Crippen LogP) is 2.48. The van der Waals surface area contributed by atoms with Crippen molar-refractivity contribution in [1.82, 2.24) is 0 Å². The maximum atomic E-state index is 11.1. The number of aldehydes is 1. The summed E-state index contributed by atoms with van der Waals surface area (Å²) in [6.07, 6.45) is 2.67. The van der Waals surface area contributed by atoms with Gasteiger partial charge in [0.1, 0.15) is 5.75 Å². The van der Waals surface area contributed by atoms with Gasteiger partial charge in [-0.25, -0.2) is 0 Å². The van der Waals surface area contributed by atoms with Gasteiger partial charge in [0, 0.05) is 6.54 Å². The molecule has 124 valence electrons. The van der Waals surface area contributed by atoms with Crippen molar-refractivity contribution in [1.29, 1.82) is 0 Å². The summed E-state index contributed by atoms with van der Waals surface area (Å²) in [5.41, 5.74) is 7.21. The number of rotatable bonds is 5. The molecule has 0 aromatic heterocycles. The molecule has 1 aliphatic heterocycles. The molecule has 1 fully saturated rings. The number of carbonyl (C=O) groups excluding carboxylic acids is 1. The van der Waals surface area contributed by atoms with Crippen LogP contribution in [-0.4, -0.2) is 38.3 Å². The summed E-state index contributed by atoms with van der Waals surface area (Å²) in [6, 6.07) is 5.38. The molecule has 2 rings (SSSR count). The molecule has 0 amide bonds. The molecule has 23 heavy (non-hydrogen) atoms. The van der Waals surface area contributed by atoms with E-state index in [-0.39, 0.29) is 0 Å². The number of ether oxygens (including phenoxy) is 1. The molecule has 6 heteroatoms. The van der Waals surface area contributed by atoms with Gasteiger partial charge in [-0.3, -0.25) is 4.79 Å². The van der Waals surface area contributed by atoms with Crippen molar-refractivity contribution in [2.75, 3.05) is 13.7 Å². The largest absolute Gasteiger partial charge is 0.496 e. The summed E-state index contributed by atoms with van der Waals surface area (Å²) in [5.74, 6) is 0.544. The van der Waals surface area contributed by atoms with Crippen LogP contribution in [0.4, 0.5) is 0 Å². The molecule has 1 aliphatic rings. The van der Waals surface area contributed by atoms with Crippen LogP contribution in [0.3, 0.4) is 0 Å². The molecule has 0 bridgehead atoms. The number of benzene rings is 1. The van der Waals surface area contributed by atoms with Crippen LogP contribution in [-0.2, 0) is 9.31 Å². The van der Waals surface area contributed by atoms with Crippen molar-refractivity contribution in [3.63, 3.8) is 0 Å². The average molecular weight is 317 g/mol. The van der Waals surface area contributed by atoms with E-state index < -0.39 is 18.3 Å². The highest BCUT2D eigenvalue weighted by molar-refractivity contribution is 6.55. The lowest BCUT2D eigenvalue weighted by Gasteiger charge is -2.32. The van der Waals surface area contributed by atoms with Gasteiger partial charge in [-0.2, -0.15) is 0 Å². The first kappa shape index (κ1) is 17.7. The molecule has 0 unspecified atom stereocenters. The van der Waals surface area contributed by atoms with Crippen LogP contribution in [0, 0.1) is 0 Å². The second-order valence-electron chi connectivity index (χ2n) is 6.63. The zero-order valence-corrected chi connectivity index (χ0v) is 14.4. The number of nitrogens with two attached hydrogens (primary N) is 1. The maximum Gasteiger partial charge on any atom is 0.491 e. The van der Waals surface area contributed by atoms with Crippen molar-refractivity contribution >= 4 is 19.5 Å². The number of hydrogen-bond donors (Lipinski definition) is 1. The molecule has 0 saturated carbocycles. The van der Waals surface area contributed by atoms with E-state index in [1.165, 1.54) is 7.11 Å². The lowest BCUT2D eigenvalue weighted by atomic mass is 9.77. The minimum Gasteiger partial charge on any atom is -0.496 e. The topological polar surface area (TPSA) is 70.8 Å². The summed E-state index contributed by atoms with van der Waals surface area (Å²) >= 11 is 0. The van der Waals surface area contributed by atoms with Gasteiger partial charge in [-0.1, -0.05) is 12.1 Å². The summed E-state index contributed by atoms with van der Waals surface area (Å²) in [5, 5.41) is 0. The average Bonchev–Trinajstić information content (AvgIpc) is 2.72. The van der Waals surface area contributed by atoms with Gasteiger partial charge in [0.05, 0.1) is 23.9 Å². The van der Waals surface area contributed by atoms with Gasteiger partial charge < -0.3 is 19.8 Å². The third kappa shape index (κ3) is 3.49. The van der Waals surface area contributed by atoms with Crippen molar-refractivity contribution in [2.24, 2.45) is 5.73 Å². The fourth-order valence-corrected chi connectivity index (χ4v) is 2.37. The van der Waals surface area contributed by atoms with Crippen LogP contribution in [0.25, 0.3) is 6.08 Å². The molecule has 1 saturated heterocycles. The van der Waals surface area contributed by atoms with E-state index in [2.05, 4.69) is 0 Å². The quantitative estimate of drug-likeness (QED) is 0.667. The van der Waals surface area contributed by atoms with Crippen molar-refractivity contribution in [3.05, 3.63) is 34.8 Å². The Kier molecular flexibility index (Phi) is 4.99. The van der Waals surface area contributed by atoms with Gasteiger partial charge in [0.15, 0.2) is 6.29 Å². The van der Waals surface area contributed by atoms with E-state index in [0.29, 0.717) is 17.9 Å². The molecule has 1 aromatic rings. The van der Waals surface area contributed by atoms with Crippen LogP contribution in [0.15, 0.2) is 23.7 Å². The minimum atomic E-state index is -0.494. The monoisotopic (exact) mass is 317 g/mol. The van der Waals surface area contributed by atoms with Crippen molar-refractivity contribution in [3.8, 4) is 5.75 Å². The molecule has 1 aromatic carbocycles. The smallest absolute Gasteiger partial charge is 0.491 e. The SMILES string of the molecule is COc1ccc(C=C(CN)B2OC(C)(C)C(C)(C)O2)cc1C=O.